The Morgan fingerprint density at radius 1 is 1.28 bits per heavy atom. The van der Waals surface area contributed by atoms with Crippen molar-refractivity contribution < 1.29 is 8.78 Å². The molecule has 1 aliphatic heterocycles. The molecule has 0 unspecified atom stereocenters. The number of rotatable bonds is 4. The van der Waals surface area contributed by atoms with Crippen molar-refractivity contribution in [1.29, 1.82) is 5.26 Å². The van der Waals surface area contributed by atoms with Crippen LogP contribution < -0.4 is 5.32 Å². The fourth-order valence-corrected chi connectivity index (χ4v) is 4.13. The SMILES string of the molecule is Cc1cc(C)n(-c2nc3c(c(NC4CCC(F)(F)CC4)n2)CCN(CC#N)C3)n1. The fourth-order valence-electron chi connectivity index (χ4n) is 4.13. The zero-order valence-electron chi connectivity index (χ0n) is 16.8. The summed E-state index contributed by atoms with van der Waals surface area (Å²) in [5.74, 6) is -1.38. The second-order valence-corrected chi connectivity index (χ2v) is 8.03. The third-order valence-corrected chi connectivity index (χ3v) is 5.68. The molecule has 0 bridgehead atoms. The molecule has 4 rings (SSSR count). The predicted octanol–water partition coefficient (Wildman–Crippen LogP) is 3.15. The molecule has 0 amide bonds. The van der Waals surface area contributed by atoms with E-state index >= 15 is 0 Å². The first-order chi connectivity index (χ1) is 13.8. The molecule has 1 N–H and O–H groups in total. The number of anilines is 1. The summed E-state index contributed by atoms with van der Waals surface area (Å²) in [4.78, 5) is 11.5. The minimum absolute atomic E-state index is 0.0286. The standard InChI is InChI=1S/C20H25F2N7/c1-13-11-14(2)29(27-13)19-25-17-12-28(10-8-23)9-5-16(17)18(26-19)24-15-3-6-20(21,22)7-4-15/h11,15H,3-7,9-10,12H2,1-2H3,(H,24,25,26). The Kier molecular flexibility index (Phi) is 5.21. The molecule has 29 heavy (non-hydrogen) atoms. The number of halogens is 2. The van der Waals surface area contributed by atoms with Crippen LogP contribution in [0.1, 0.15) is 48.3 Å². The lowest BCUT2D eigenvalue weighted by molar-refractivity contribution is -0.0361. The minimum Gasteiger partial charge on any atom is -0.367 e. The Morgan fingerprint density at radius 3 is 2.69 bits per heavy atom. The van der Waals surface area contributed by atoms with Gasteiger partial charge in [0.25, 0.3) is 5.95 Å². The van der Waals surface area contributed by atoms with Crippen molar-refractivity contribution in [2.75, 3.05) is 18.4 Å². The molecule has 1 fully saturated rings. The fraction of sp³-hybridized carbons (Fsp3) is 0.600. The monoisotopic (exact) mass is 401 g/mol. The molecule has 0 spiro atoms. The first-order valence-electron chi connectivity index (χ1n) is 10.0. The van der Waals surface area contributed by atoms with Gasteiger partial charge in [-0.3, -0.25) is 4.90 Å². The lowest BCUT2D eigenvalue weighted by Gasteiger charge is -2.32. The van der Waals surface area contributed by atoms with E-state index in [1.807, 2.05) is 24.8 Å². The summed E-state index contributed by atoms with van der Waals surface area (Å²) in [6.07, 6.45) is 1.36. The van der Waals surface area contributed by atoms with Gasteiger partial charge in [0.15, 0.2) is 0 Å². The quantitative estimate of drug-likeness (QED) is 0.793. The van der Waals surface area contributed by atoms with Crippen LogP contribution in [0.4, 0.5) is 14.6 Å². The predicted molar refractivity (Wildman–Crippen MR) is 104 cm³/mol. The maximum Gasteiger partial charge on any atom is 0.253 e. The molecule has 0 saturated heterocycles. The van der Waals surface area contributed by atoms with Crippen LogP contribution in [0, 0.1) is 25.2 Å². The lowest BCUT2D eigenvalue weighted by atomic mass is 9.92. The van der Waals surface area contributed by atoms with Crippen LogP contribution in [-0.4, -0.2) is 49.7 Å². The Bertz CT molecular complexity index is 937. The third-order valence-electron chi connectivity index (χ3n) is 5.68. The summed E-state index contributed by atoms with van der Waals surface area (Å²) in [6.45, 7) is 5.52. The van der Waals surface area contributed by atoms with E-state index in [9.17, 15) is 8.78 Å². The van der Waals surface area contributed by atoms with Crippen molar-refractivity contribution in [2.45, 2.75) is 64.5 Å². The van der Waals surface area contributed by atoms with E-state index in [0.717, 1.165) is 35.6 Å². The Hall–Kier alpha value is -2.60. The zero-order valence-corrected chi connectivity index (χ0v) is 16.8. The average Bonchev–Trinajstić information content (AvgIpc) is 3.01. The van der Waals surface area contributed by atoms with Crippen LogP contribution in [0.2, 0.25) is 0 Å². The van der Waals surface area contributed by atoms with Crippen LogP contribution in [0.3, 0.4) is 0 Å². The molecule has 154 valence electrons. The molecule has 9 heteroatoms. The van der Waals surface area contributed by atoms with E-state index < -0.39 is 5.92 Å². The number of hydrogen-bond acceptors (Lipinski definition) is 6. The van der Waals surface area contributed by atoms with Gasteiger partial charge in [0.2, 0.25) is 5.92 Å². The number of nitriles is 1. The highest BCUT2D eigenvalue weighted by atomic mass is 19.3. The summed E-state index contributed by atoms with van der Waals surface area (Å²) >= 11 is 0. The molecule has 7 nitrogen and oxygen atoms in total. The number of aromatic nitrogens is 4. The maximum atomic E-state index is 13.5. The number of alkyl halides is 2. The van der Waals surface area contributed by atoms with E-state index in [1.165, 1.54) is 0 Å². The summed E-state index contributed by atoms with van der Waals surface area (Å²) < 4.78 is 28.8. The number of fused-ring (bicyclic) bond motifs is 1. The molecular formula is C20H25F2N7. The topological polar surface area (TPSA) is 82.7 Å². The molecule has 2 aromatic rings. The first-order valence-corrected chi connectivity index (χ1v) is 10.0. The van der Waals surface area contributed by atoms with Gasteiger partial charge >= 0.3 is 0 Å². The Labute approximate surface area is 168 Å². The van der Waals surface area contributed by atoms with Gasteiger partial charge in [-0.05, 0) is 39.2 Å². The molecule has 0 aromatic carbocycles. The second-order valence-electron chi connectivity index (χ2n) is 8.03. The van der Waals surface area contributed by atoms with Gasteiger partial charge in [-0.2, -0.15) is 15.3 Å². The lowest BCUT2D eigenvalue weighted by Crippen LogP contribution is -2.35. The molecule has 2 aromatic heterocycles. The van der Waals surface area contributed by atoms with E-state index in [4.69, 9.17) is 15.2 Å². The van der Waals surface area contributed by atoms with Crippen molar-refractivity contribution in [3.63, 3.8) is 0 Å². The van der Waals surface area contributed by atoms with Gasteiger partial charge in [0.05, 0.1) is 24.0 Å². The first kappa shape index (κ1) is 19.7. The van der Waals surface area contributed by atoms with Crippen LogP contribution in [0.25, 0.3) is 5.95 Å². The number of hydrogen-bond donors (Lipinski definition) is 1. The highest BCUT2D eigenvalue weighted by Crippen LogP contribution is 2.35. The molecule has 0 atom stereocenters. The molecule has 3 heterocycles. The molecule has 1 aliphatic carbocycles. The van der Waals surface area contributed by atoms with Crippen molar-refractivity contribution in [2.24, 2.45) is 0 Å². The van der Waals surface area contributed by atoms with Crippen molar-refractivity contribution in [3.8, 4) is 12.0 Å². The number of nitrogens with zero attached hydrogens (tertiary/aromatic N) is 6. The summed E-state index contributed by atoms with van der Waals surface area (Å²) in [6, 6.07) is 4.12. The average molecular weight is 401 g/mol. The van der Waals surface area contributed by atoms with Crippen LogP contribution in [0.5, 0.6) is 0 Å². The highest BCUT2D eigenvalue weighted by Gasteiger charge is 2.35. The summed E-state index contributed by atoms with van der Waals surface area (Å²) in [7, 11) is 0. The van der Waals surface area contributed by atoms with Crippen molar-refractivity contribution >= 4 is 5.82 Å². The van der Waals surface area contributed by atoms with Crippen LogP contribution in [0.15, 0.2) is 6.07 Å². The van der Waals surface area contributed by atoms with E-state index in [2.05, 4.69) is 16.5 Å². The smallest absolute Gasteiger partial charge is 0.253 e. The Morgan fingerprint density at radius 2 is 2.03 bits per heavy atom. The summed E-state index contributed by atoms with van der Waals surface area (Å²) in [5, 5.41) is 17.0. The van der Waals surface area contributed by atoms with Gasteiger partial charge in [-0.1, -0.05) is 0 Å². The van der Waals surface area contributed by atoms with Gasteiger partial charge < -0.3 is 5.32 Å². The van der Waals surface area contributed by atoms with Crippen molar-refractivity contribution in [3.05, 3.63) is 28.7 Å². The van der Waals surface area contributed by atoms with Gasteiger partial charge in [-0.25, -0.2) is 18.4 Å². The van der Waals surface area contributed by atoms with Gasteiger partial charge in [-0.15, -0.1) is 0 Å². The van der Waals surface area contributed by atoms with Crippen molar-refractivity contribution in [1.82, 2.24) is 24.6 Å². The highest BCUT2D eigenvalue weighted by molar-refractivity contribution is 5.50. The van der Waals surface area contributed by atoms with E-state index in [0.29, 0.717) is 37.7 Å². The molecular weight excluding hydrogens is 376 g/mol. The van der Waals surface area contributed by atoms with Gasteiger partial charge in [0, 0.05) is 43.2 Å². The van der Waals surface area contributed by atoms with E-state index in [1.54, 1.807) is 4.68 Å². The maximum absolute atomic E-state index is 13.5. The Balaban J connectivity index is 1.68. The largest absolute Gasteiger partial charge is 0.367 e. The van der Waals surface area contributed by atoms with Crippen LogP contribution >= 0.6 is 0 Å². The third kappa shape index (κ3) is 4.22. The molecule has 2 aliphatic rings. The number of aryl methyl sites for hydroxylation is 2. The minimum atomic E-state index is -2.56. The number of nitrogens with one attached hydrogen (secondary N) is 1. The zero-order chi connectivity index (χ0) is 20.6. The molecule has 1 saturated carbocycles. The second kappa shape index (κ2) is 7.67. The van der Waals surface area contributed by atoms with E-state index in [-0.39, 0.29) is 18.9 Å². The molecule has 0 radical (unpaired) electrons. The summed E-state index contributed by atoms with van der Waals surface area (Å²) in [5.41, 5.74) is 3.68. The normalized spacial score (nSPS) is 19.6. The van der Waals surface area contributed by atoms with Gasteiger partial charge in [0.1, 0.15) is 5.82 Å². The van der Waals surface area contributed by atoms with Crippen LogP contribution in [-0.2, 0) is 13.0 Å².